The topological polar surface area (TPSA) is 69.7 Å². The Morgan fingerprint density at radius 1 is 1.26 bits per heavy atom. The average Bonchev–Trinajstić information content (AvgIpc) is 2.58. The Morgan fingerprint density at radius 2 is 2.09 bits per heavy atom. The molecule has 2 aromatic rings. The molecule has 1 aromatic carbocycles. The summed E-state index contributed by atoms with van der Waals surface area (Å²) in [6.07, 6.45) is 0. The molecule has 3 N–H and O–H groups in total. The van der Waals surface area contributed by atoms with Crippen molar-refractivity contribution in [3.05, 3.63) is 40.2 Å². The molecule has 1 aromatic heterocycles. The Bertz CT molecular complexity index is 707. The van der Waals surface area contributed by atoms with Crippen LogP contribution in [0.15, 0.2) is 33.5 Å². The fourth-order valence-corrected chi connectivity index (χ4v) is 2.98. The van der Waals surface area contributed by atoms with Crippen molar-refractivity contribution in [1.29, 1.82) is 0 Å². The fraction of sp³-hybridized carbons (Fsp3) is 0.471. The minimum Gasteiger partial charge on any atom is -0.497 e. The summed E-state index contributed by atoms with van der Waals surface area (Å²) in [7, 11) is 1.60. The summed E-state index contributed by atoms with van der Waals surface area (Å²) in [6, 6.07) is 7.20. The van der Waals surface area contributed by atoms with Crippen molar-refractivity contribution in [2.24, 2.45) is 0 Å². The molecule has 6 heteroatoms. The highest BCUT2D eigenvalue weighted by molar-refractivity contribution is 5.81. The van der Waals surface area contributed by atoms with E-state index in [1.54, 1.807) is 24.1 Å². The Labute approximate surface area is 135 Å². The van der Waals surface area contributed by atoms with E-state index in [0.717, 1.165) is 56.9 Å². The molecule has 0 amide bonds. The summed E-state index contributed by atoms with van der Waals surface area (Å²) in [5, 5.41) is 3.22. The molecule has 1 aliphatic rings. The van der Waals surface area contributed by atoms with E-state index in [1.807, 2.05) is 12.1 Å². The van der Waals surface area contributed by atoms with E-state index in [-0.39, 0.29) is 5.63 Å². The van der Waals surface area contributed by atoms with Crippen LogP contribution < -0.4 is 20.6 Å². The number of rotatable bonds is 6. The van der Waals surface area contributed by atoms with Gasteiger partial charge in [0.15, 0.2) is 0 Å². The number of fused-ring (bicyclic) bond motifs is 1. The first-order chi connectivity index (χ1) is 11.3. The average molecular weight is 320 g/mol. The number of methoxy groups -OCH3 is 1. The fourth-order valence-electron chi connectivity index (χ4n) is 2.98. The Hall–Kier alpha value is -1.89. The SMILES string of the molecule is COc1ccc2c(C[NH2+]CC[NH+]3CCOCC3)cc(=O)oc2c1. The summed E-state index contributed by atoms with van der Waals surface area (Å²) < 4.78 is 15.8. The van der Waals surface area contributed by atoms with Gasteiger partial charge in [-0.15, -0.1) is 0 Å². The number of benzene rings is 1. The normalized spacial score (nSPS) is 15.9. The summed E-state index contributed by atoms with van der Waals surface area (Å²) >= 11 is 0. The zero-order valence-corrected chi connectivity index (χ0v) is 13.5. The highest BCUT2D eigenvalue weighted by atomic mass is 16.5. The Morgan fingerprint density at radius 3 is 2.87 bits per heavy atom. The van der Waals surface area contributed by atoms with Gasteiger partial charge in [0.25, 0.3) is 0 Å². The molecule has 0 aliphatic carbocycles. The second kappa shape index (κ2) is 7.59. The third kappa shape index (κ3) is 4.10. The molecule has 6 nitrogen and oxygen atoms in total. The van der Waals surface area contributed by atoms with Crippen LogP contribution in [0.25, 0.3) is 11.0 Å². The molecule has 23 heavy (non-hydrogen) atoms. The van der Waals surface area contributed by atoms with Crippen LogP contribution in [0, 0.1) is 0 Å². The van der Waals surface area contributed by atoms with Crippen LogP contribution in [0.3, 0.4) is 0 Å². The smallest absolute Gasteiger partial charge is 0.336 e. The minimum atomic E-state index is -0.312. The first-order valence-corrected chi connectivity index (χ1v) is 8.10. The number of nitrogens with two attached hydrogens (primary N) is 1. The lowest BCUT2D eigenvalue weighted by Gasteiger charge is -2.22. The van der Waals surface area contributed by atoms with E-state index in [2.05, 4.69) is 5.32 Å². The van der Waals surface area contributed by atoms with Crippen LogP contribution in [0.5, 0.6) is 5.75 Å². The molecule has 0 bridgehead atoms. The van der Waals surface area contributed by atoms with Gasteiger partial charge in [-0.25, -0.2) is 4.79 Å². The lowest BCUT2D eigenvalue weighted by Crippen LogP contribution is -3.16. The summed E-state index contributed by atoms with van der Waals surface area (Å²) in [4.78, 5) is 13.3. The number of hydrogen-bond donors (Lipinski definition) is 2. The maximum absolute atomic E-state index is 11.7. The van der Waals surface area contributed by atoms with Crippen molar-refractivity contribution < 1.29 is 24.1 Å². The first kappa shape index (κ1) is 16.0. The van der Waals surface area contributed by atoms with E-state index in [1.165, 1.54) is 0 Å². The molecule has 2 heterocycles. The monoisotopic (exact) mass is 320 g/mol. The van der Waals surface area contributed by atoms with Crippen LogP contribution >= 0.6 is 0 Å². The van der Waals surface area contributed by atoms with Crippen molar-refractivity contribution in [3.63, 3.8) is 0 Å². The van der Waals surface area contributed by atoms with Gasteiger partial charge in [0, 0.05) is 23.1 Å². The number of morpholine rings is 1. The lowest BCUT2D eigenvalue weighted by molar-refractivity contribution is -0.920. The number of hydrogen-bond acceptors (Lipinski definition) is 4. The van der Waals surface area contributed by atoms with E-state index in [4.69, 9.17) is 13.9 Å². The van der Waals surface area contributed by atoms with Crippen LogP contribution in [-0.2, 0) is 11.3 Å². The standard InChI is InChI=1S/C17H22N2O4/c1-21-14-2-3-15-13(10-17(20)23-16(15)11-14)12-18-4-5-19-6-8-22-9-7-19/h2-3,10-11,18H,4-9,12H2,1H3/p+2. The molecule has 124 valence electrons. The van der Waals surface area contributed by atoms with Crippen molar-refractivity contribution in [2.45, 2.75) is 6.54 Å². The minimum absolute atomic E-state index is 0.312. The molecule has 0 atom stereocenters. The number of quaternary nitrogens is 2. The zero-order valence-electron chi connectivity index (χ0n) is 13.5. The van der Waals surface area contributed by atoms with Gasteiger partial charge in [-0.05, 0) is 12.1 Å². The Balaban J connectivity index is 1.63. The van der Waals surface area contributed by atoms with Gasteiger partial charge < -0.3 is 24.1 Å². The van der Waals surface area contributed by atoms with Crippen LogP contribution in [0.4, 0.5) is 0 Å². The van der Waals surface area contributed by atoms with E-state index < -0.39 is 0 Å². The van der Waals surface area contributed by atoms with E-state index in [9.17, 15) is 4.79 Å². The van der Waals surface area contributed by atoms with Gasteiger partial charge in [-0.2, -0.15) is 0 Å². The third-order valence-corrected chi connectivity index (χ3v) is 4.30. The van der Waals surface area contributed by atoms with Crippen molar-refractivity contribution in [3.8, 4) is 5.75 Å². The lowest BCUT2D eigenvalue weighted by atomic mass is 10.1. The molecule has 0 spiro atoms. The summed E-state index contributed by atoms with van der Waals surface area (Å²) in [5.41, 5.74) is 1.28. The second-order valence-corrected chi connectivity index (χ2v) is 5.85. The summed E-state index contributed by atoms with van der Waals surface area (Å²) in [6.45, 7) is 6.84. The van der Waals surface area contributed by atoms with Gasteiger partial charge in [-0.3, -0.25) is 0 Å². The second-order valence-electron chi connectivity index (χ2n) is 5.85. The molecule has 1 aliphatic heterocycles. The van der Waals surface area contributed by atoms with Gasteiger partial charge >= 0.3 is 5.63 Å². The van der Waals surface area contributed by atoms with E-state index >= 15 is 0 Å². The molecular formula is C17H24N2O4+2. The molecule has 3 rings (SSSR count). The highest BCUT2D eigenvalue weighted by Crippen LogP contribution is 2.21. The largest absolute Gasteiger partial charge is 0.497 e. The predicted molar refractivity (Wildman–Crippen MR) is 85.9 cm³/mol. The van der Waals surface area contributed by atoms with Crippen molar-refractivity contribution in [2.75, 3.05) is 46.5 Å². The van der Waals surface area contributed by atoms with Gasteiger partial charge in [0.05, 0.1) is 20.3 Å². The first-order valence-electron chi connectivity index (χ1n) is 8.10. The van der Waals surface area contributed by atoms with Crippen molar-refractivity contribution >= 4 is 11.0 Å². The van der Waals surface area contributed by atoms with E-state index in [0.29, 0.717) is 11.3 Å². The Kier molecular flexibility index (Phi) is 5.27. The van der Waals surface area contributed by atoms with Crippen LogP contribution in [-0.4, -0.2) is 46.5 Å². The van der Waals surface area contributed by atoms with Gasteiger partial charge in [-0.1, -0.05) is 0 Å². The highest BCUT2D eigenvalue weighted by Gasteiger charge is 2.14. The third-order valence-electron chi connectivity index (χ3n) is 4.30. The summed E-state index contributed by atoms with van der Waals surface area (Å²) in [5.74, 6) is 0.692. The molecule has 1 fully saturated rings. The number of ether oxygens (including phenoxy) is 2. The van der Waals surface area contributed by atoms with Gasteiger partial charge in [0.1, 0.15) is 44.1 Å². The molecule has 0 saturated carbocycles. The van der Waals surface area contributed by atoms with Crippen LogP contribution in [0.2, 0.25) is 0 Å². The maximum Gasteiger partial charge on any atom is 0.336 e. The molecule has 0 radical (unpaired) electrons. The van der Waals surface area contributed by atoms with Crippen molar-refractivity contribution in [1.82, 2.24) is 0 Å². The quantitative estimate of drug-likeness (QED) is 0.517. The van der Waals surface area contributed by atoms with Crippen LogP contribution in [0.1, 0.15) is 5.56 Å². The predicted octanol–water partition coefficient (Wildman–Crippen LogP) is -1.22. The number of nitrogens with one attached hydrogen (secondary N) is 1. The maximum atomic E-state index is 11.7. The molecule has 1 saturated heterocycles. The zero-order chi connectivity index (χ0) is 16.1. The molecule has 0 unspecified atom stereocenters. The molecular weight excluding hydrogens is 296 g/mol. The van der Waals surface area contributed by atoms with Gasteiger partial charge in [0.2, 0.25) is 0 Å².